The van der Waals surface area contributed by atoms with Gasteiger partial charge in [0, 0.05) is 28.9 Å². The number of nitrogens with one attached hydrogen (secondary N) is 2. The van der Waals surface area contributed by atoms with Crippen LogP contribution < -0.4 is 10.9 Å². The van der Waals surface area contributed by atoms with Crippen molar-refractivity contribution in [2.24, 2.45) is 0 Å². The monoisotopic (exact) mass is 488 g/mol. The van der Waals surface area contributed by atoms with Crippen molar-refractivity contribution in [3.05, 3.63) is 100 Å². The standard InChI is InChI=1S/C24H20N6O4S/c1-16-7-9-18(10-8-16)23(32)27-25-21(31)15-35-24-28-26-22(29(24)19-5-3-2-4-6-19)17-11-13-20(14-12-17)30(33)34/h2-14H,15H2,1H3,(H,25,31)(H,27,32). The summed E-state index contributed by atoms with van der Waals surface area (Å²) in [7, 11) is 0. The van der Waals surface area contributed by atoms with Crippen LogP contribution in [0.1, 0.15) is 15.9 Å². The highest BCUT2D eigenvalue weighted by Crippen LogP contribution is 2.28. The Morgan fingerprint density at radius 3 is 2.29 bits per heavy atom. The molecule has 3 aromatic carbocycles. The molecule has 0 saturated heterocycles. The molecule has 4 rings (SSSR count). The molecule has 0 aliphatic heterocycles. The van der Waals surface area contributed by atoms with Crippen molar-refractivity contribution in [1.82, 2.24) is 25.6 Å². The summed E-state index contributed by atoms with van der Waals surface area (Å²) in [6, 6.07) is 22.3. The number of thioether (sulfide) groups is 1. The minimum absolute atomic E-state index is 0.0284. The molecule has 0 radical (unpaired) electrons. The molecule has 0 aliphatic rings. The van der Waals surface area contributed by atoms with Gasteiger partial charge < -0.3 is 0 Å². The number of hydrogen-bond donors (Lipinski definition) is 2. The number of amides is 2. The van der Waals surface area contributed by atoms with Gasteiger partial charge in [-0.3, -0.25) is 35.1 Å². The molecule has 2 N–H and O–H groups in total. The van der Waals surface area contributed by atoms with E-state index < -0.39 is 16.7 Å². The van der Waals surface area contributed by atoms with Crippen LogP contribution in [0.15, 0.2) is 84.0 Å². The predicted octanol–water partition coefficient (Wildman–Crippen LogP) is 3.70. The number of non-ortho nitro benzene ring substituents is 1. The number of hydrogen-bond acceptors (Lipinski definition) is 7. The molecular weight excluding hydrogens is 468 g/mol. The lowest BCUT2D eigenvalue weighted by Crippen LogP contribution is -2.42. The van der Waals surface area contributed by atoms with E-state index in [2.05, 4.69) is 21.0 Å². The SMILES string of the molecule is Cc1ccc(C(=O)NNC(=O)CSc2nnc(-c3ccc([N+](=O)[O-])cc3)n2-c2ccccc2)cc1. The first kappa shape index (κ1) is 23.6. The molecular formula is C24H20N6O4S. The van der Waals surface area contributed by atoms with Gasteiger partial charge in [0.25, 0.3) is 11.6 Å². The number of benzene rings is 3. The maximum absolute atomic E-state index is 12.4. The first-order chi connectivity index (χ1) is 16.9. The second-order valence-electron chi connectivity index (χ2n) is 7.44. The molecule has 0 spiro atoms. The van der Waals surface area contributed by atoms with E-state index in [9.17, 15) is 19.7 Å². The van der Waals surface area contributed by atoms with Gasteiger partial charge in [0.05, 0.1) is 10.7 Å². The molecule has 11 heteroatoms. The Morgan fingerprint density at radius 1 is 0.943 bits per heavy atom. The number of nitrogens with zero attached hydrogens (tertiary/aromatic N) is 4. The number of rotatable bonds is 7. The van der Waals surface area contributed by atoms with Crippen LogP contribution in [0.2, 0.25) is 0 Å². The lowest BCUT2D eigenvalue weighted by atomic mass is 10.1. The van der Waals surface area contributed by atoms with Crippen molar-refractivity contribution >= 4 is 29.3 Å². The minimum Gasteiger partial charge on any atom is -0.272 e. The van der Waals surface area contributed by atoms with Gasteiger partial charge in [0.15, 0.2) is 11.0 Å². The molecule has 0 bridgehead atoms. The van der Waals surface area contributed by atoms with Gasteiger partial charge in [0.1, 0.15) is 0 Å². The largest absolute Gasteiger partial charge is 0.272 e. The summed E-state index contributed by atoms with van der Waals surface area (Å²) in [4.78, 5) is 35.1. The van der Waals surface area contributed by atoms with Crippen molar-refractivity contribution in [2.75, 3.05) is 5.75 Å². The lowest BCUT2D eigenvalue weighted by molar-refractivity contribution is -0.384. The second-order valence-corrected chi connectivity index (χ2v) is 8.38. The Kier molecular flexibility index (Phi) is 7.17. The highest BCUT2D eigenvalue weighted by atomic mass is 32.2. The van der Waals surface area contributed by atoms with E-state index in [1.807, 2.05) is 49.4 Å². The third kappa shape index (κ3) is 5.71. The number of para-hydroxylation sites is 1. The van der Waals surface area contributed by atoms with Crippen LogP contribution in [0, 0.1) is 17.0 Å². The fraction of sp³-hybridized carbons (Fsp3) is 0.0833. The summed E-state index contributed by atoms with van der Waals surface area (Å²) in [5.41, 5.74) is 7.62. The molecule has 0 saturated carbocycles. The van der Waals surface area contributed by atoms with Gasteiger partial charge in [-0.25, -0.2) is 0 Å². The third-order valence-electron chi connectivity index (χ3n) is 4.95. The fourth-order valence-corrected chi connectivity index (χ4v) is 3.91. The van der Waals surface area contributed by atoms with Crippen molar-refractivity contribution in [2.45, 2.75) is 12.1 Å². The molecule has 2 amide bonds. The average Bonchev–Trinajstić information content (AvgIpc) is 3.31. The molecule has 0 unspecified atom stereocenters. The molecule has 0 atom stereocenters. The maximum atomic E-state index is 12.4. The van der Waals surface area contributed by atoms with Crippen molar-refractivity contribution < 1.29 is 14.5 Å². The van der Waals surface area contributed by atoms with Gasteiger partial charge in [0.2, 0.25) is 5.91 Å². The summed E-state index contributed by atoms with van der Waals surface area (Å²) in [6.45, 7) is 1.92. The Balaban J connectivity index is 1.48. The van der Waals surface area contributed by atoms with Gasteiger partial charge in [-0.05, 0) is 43.3 Å². The number of carbonyl (C=O) groups excluding carboxylic acids is 2. The predicted molar refractivity (Wildman–Crippen MR) is 131 cm³/mol. The topological polar surface area (TPSA) is 132 Å². The zero-order valence-electron chi connectivity index (χ0n) is 18.5. The Hall–Kier alpha value is -4.51. The molecule has 1 heterocycles. The molecule has 1 aromatic heterocycles. The van der Waals surface area contributed by atoms with E-state index in [-0.39, 0.29) is 11.4 Å². The number of nitro groups is 1. The van der Waals surface area contributed by atoms with Crippen molar-refractivity contribution in [3.8, 4) is 17.1 Å². The number of nitro benzene ring substituents is 1. The summed E-state index contributed by atoms with van der Waals surface area (Å²) < 4.78 is 1.77. The van der Waals surface area contributed by atoms with E-state index in [0.717, 1.165) is 23.0 Å². The first-order valence-electron chi connectivity index (χ1n) is 10.5. The third-order valence-corrected chi connectivity index (χ3v) is 5.87. The van der Waals surface area contributed by atoms with Crippen LogP contribution in [-0.4, -0.2) is 37.3 Å². The van der Waals surface area contributed by atoms with Crippen LogP contribution in [0.5, 0.6) is 0 Å². The Morgan fingerprint density at radius 2 is 1.63 bits per heavy atom. The van der Waals surface area contributed by atoms with Gasteiger partial charge in [-0.2, -0.15) is 0 Å². The van der Waals surface area contributed by atoms with Gasteiger partial charge >= 0.3 is 0 Å². The summed E-state index contributed by atoms with van der Waals surface area (Å²) >= 11 is 1.14. The molecule has 0 aliphatic carbocycles. The fourth-order valence-electron chi connectivity index (χ4n) is 3.16. The van der Waals surface area contributed by atoms with Crippen LogP contribution in [0.4, 0.5) is 5.69 Å². The van der Waals surface area contributed by atoms with Crippen LogP contribution in [-0.2, 0) is 4.79 Å². The number of carbonyl (C=O) groups is 2. The molecule has 10 nitrogen and oxygen atoms in total. The van der Waals surface area contributed by atoms with Crippen LogP contribution in [0.3, 0.4) is 0 Å². The Labute approximate surface area is 204 Å². The summed E-state index contributed by atoms with van der Waals surface area (Å²) in [5.74, 6) is -0.396. The molecule has 4 aromatic rings. The summed E-state index contributed by atoms with van der Waals surface area (Å²) in [5, 5.41) is 19.9. The van der Waals surface area contributed by atoms with E-state index in [4.69, 9.17) is 0 Å². The zero-order valence-corrected chi connectivity index (χ0v) is 19.4. The smallest absolute Gasteiger partial charge is 0.269 e. The van der Waals surface area contributed by atoms with E-state index in [1.54, 1.807) is 28.8 Å². The highest BCUT2D eigenvalue weighted by Gasteiger charge is 2.18. The van der Waals surface area contributed by atoms with Gasteiger partial charge in [-0.15, -0.1) is 10.2 Å². The summed E-state index contributed by atoms with van der Waals surface area (Å²) in [6.07, 6.45) is 0. The van der Waals surface area contributed by atoms with Gasteiger partial charge in [-0.1, -0.05) is 47.7 Å². The van der Waals surface area contributed by atoms with E-state index >= 15 is 0 Å². The first-order valence-corrected chi connectivity index (χ1v) is 11.5. The van der Waals surface area contributed by atoms with Crippen molar-refractivity contribution in [1.29, 1.82) is 0 Å². The quantitative estimate of drug-likeness (QED) is 0.230. The molecule has 0 fully saturated rings. The molecule has 35 heavy (non-hydrogen) atoms. The lowest BCUT2D eigenvalue weighted by Gasteiger charge is -2.11. The minimum atomic E-state index is -0.469. The van der Waals surface area contributed by atoms with E-state index in [1.165, 1.54) is 12.1 Å². The van der Waals surface area contributed by atoms with Crippen LogP contribution in [0.25, 0.3) is 17.1 Å². The van der Waals surface area contributed by atoms with Crippen LogP contribution >= 0.6 is 11.8 Å². The zero-order chi connectivity index (χ0) is 24.8. The average molecular weight is 489 g/mol. The number of aromatic nitrogens is 3. The number of aryl methyl sites for hydroxylation is 1. The highest BCUT2D eigenvalue weighted by molar-refractivity contribution is 7.99. The molecule has 176 valence electrons. The maximum Gasteiger partial charge on any atom is 0.269 e. The normalized spacial score (nSPS) is 10.5. The van der Waals surface area contributed by atoms with E-state index in [0.29, 0.717) is 22.1 Å². The van der Waals surface area contributed by atoms with Crippen molar-refractivity contribution in [3.63, 3.8) is 0 Å². The Bertz CT molecular complexity index is 1360. The second kappa shape index (κ2) is 10.6. The number of hydrazine groups is 1.